The number of hydrazone groups is 1. The molecule has 0 spiro atoms. The van der Waals surface area contributed by atoms with Crippen LogP contribution in [0.15, 0.2) is 45.3 Å². The first-order chi connectivity index (χ1) is 14.3. The molecule has 156 valence electrons. The number of aromatic nitrogens is 4. The fraction of sp³-hybridized carbons (Fsp3) is 0.222. The number of imidazole rings is 1. The van der Waals surface area contributed by atoms with Gasteiger partial charge in [-0.25, -0.2) is 20.0 Å². The number of hydrogen-bond donors (Lipinski definition) is 2. The Balaban J connectivity index is 1.74. The number of amides is 1. The SMILES string of the molecule is Cn1c(=O)c2c(ncn2CC(=O)N/N=C\c2ccccc2OCC(=O)O)n(C)c1=O. The van der Waals surface area contributed by atoms with Crippen molar-refractivity contribution in [2.45, 2.75) is 6.54 Å². The molecular formula is C18H18N6O6. The lowest BCUT2D eigenvalue weighted by molar-refractivity contribution is -0.139. The maximum Gasteiger partial charge on any atom is 0.341 e. The van der Waals surface area contributed by atoms with Crippen LogP contribution in [-0.4, -0.2) is 48.5 Å². The van der Waals surface area contributed by atoms with Crippen molar-refractivity contribution in [2.75, 3.05) is 6.61 Å². The summed E-state index contributed by atoms with van der Waals surface area (Å²) in [7, 11) is 2.82. The van der Waals surface area contributed by atoms with Crippen molar-refractivity contribution in [3.63, 3.8) is 0 Å². The van der Waals surface area contributed by atoms with Crippen LogP contribution in [0.1, 0.15) is 5.56 Å². The van der Waals surface area contributed by atoms with E-state index in [0.717, 1.165) is 4.57 Å². The predicted molar refractivity (Wildman–Crippen MR) is 106 cm³/mol. The van der Waals surface area contributed by atoms with Crippen molar-refractivity contribution in [1.29, 1.82) is 0 Å². The molecule has 12 nitrogen and oxygen atoms in total. The molecule has 1 amide bonds. The molecule has 0 saturated heterocycles. The van der Waals surface area contributed by atoms with E-state index in [9.17, 15) is 19.2 Å². The number of carboxylic acid groups (broad SMARTS) is 1. The Morgan fingerprint density at radius 1 is 1.23 bits per heavy atom. The van der Waals surface area contributed by atoms with Gasteiger partial charge < -0.3 is 14.4 Å². The van der Waals surface area contributed by atoms with Gasteiger partial charge in [0.1, 0.15) is 12.3 Å². The minimum atomic E-state index is -1.12. The average molecular weight is 414 g/mol. The zero-order chi connectivity index (χ0) is 21.8. The summed E-state index contributed by atoms with van der Waals surface area (Å²) in [5, 5.41) is 12.6. The quantitative estimate of drug-likeness (QED) is 0.374. The lowest BCUT2D eigenvalue weighted by Gasteiger charge is -2.07. The van der Waals surface area contributed by atoms with Gasteiger partial charge in [0.2, 0.25) is 0 Å². The van der Waals surface area contributed by atoms with Crippen LogP contribution in [0.2, 0.25) is 0 Å². The predicted octanol–water partition coefficient (Wildman–Crippen LogP) is -0.953. The van der Waals surface area contributed by atoms with E-state index < -0.39 is 29.7 Å². The average Bonchev–Trinajstić information content (AvgIpc) is 3.13. The molecule has 2 heterocycles. The third-order valence-corrected chi connectivity index (χ3v) is 4.19. The van der Waals surface area contributed by atoms with Crippen LogP contribution in [0.4, 0.5) is 0 Å². The first-order valence-electron chi connectivity index (χ1n) is 8.66. The van der Waals surface area contributed by atoms with Crippen LogP contribution in [0.5, 0.6) is 5.75 Å². The van der Waals surface area contributed by atoms with Gasteiger partial charge >= 0.3 is 11.7 Å². The number of hydrogen-bond acceptors (Lipinski definition) is 7. The molecule has 2 N–H and O–H groups in total. The van der Waals surface area contributed by atoms with Gasteiger partial charge in [-0.1, -0.05) is 12.1 Å². The number of benzene rings is 1. The zero-order valence-corrected chi connectivity index (χ0v) is 16.1. The van der Waals surface area contributed by atoms with E-state index in [1.165, 1.54) is 35.8 Å². The lowest BCUT2D eigenvalue weighted by Crippen LogP contribution is -2.38. The number of carbonyl (C=O) groups is 2. The van der Waals surface area contributed by atoms with Crippen LogP contribution in [0.25, 0.3) is 11.2 Å². The lowest BCUT2D eigenvalue weighted by atomic mass is 10.2. The maximum absolute atomic E-state index is 12.4. The fourth-order valence-corrected chi connectivity index (χ4v) is 2.74. The van der Waals surface area contributed by atoms with Crippen LogP contribution in [0.3, 0.4) is 0 Å². The number of rotatable bonds is 7. The molecule has 0 fully saturated rings. The molecule has 0 bridgehead atoms. The highest BCUT2D eigenvalue weighted by atomic mass is 16.5. The van der Waals surface area contributed by atoms with Gasteiger partial charge in [-0.2, -0.15) is 5.10 Å². The molecule has 0 saturated carbocycles. The standard InChI is InChI=1S/C18H18N6O6/c1-22-16-15(17(28)23(2)18(22)29)24(10-19-16)8-13(25)21-20-7-11-5-3-4-6-12(11)30-9-14(26)27/h3-7,10H,8-9H2,1-2H3,(H,21,25)(H,26,27)/b20-7-. The maximum atomic E-state index is 12.4. The highest BCUT2D eigenvalue weighted by Crippen LogP contribution is 2.15. The van der Waals surface area contributed by atoms with Crippen molar-refractivity contribution in [2.24, 2.45) is 19.2 Å². The summed E-state index contributed by atoms with van der Waals surface area (Å²) < 4.78 is 8.63. The van der Waals surface area contributed by atoms with Gasteiger partial charge in [0.25, 0.3) is 11.5 Å². The number of carbonyl (C=O) groups excluding carboxylic acids is 1. The largest absolute Gasteiger partial charge is 0.481 e. The van der Waals surface area contributed by atoms with E-state index in [-0.39, 0.29) is 17.7 Å². The molecule has 0 aliphatic heterocycles. The van der Waals surface area contributed by atoms with Crippen molar-refractivity contribution in [3.05, 3.63) is 57.0 Å². The second kappa shape index (κ2) is 8.43. The third kappa shape index (κ3) is 4.11. The molecule has 3 aromatic rings. The van der Waals surface area contributed by atoms with Gasteiger partial charge in [0.15, 0.2) is 17.8 Å². The molecule has 0 unspecified atom stereocenters. The minimum absolute atomic E-state index is 0.117. The molecular weight excluding hydrogens is 396 g/mol. The number of para-hydroxylation sites is 1. The summed E-state index contributed by atoms with van der Waals surface area (Å²) in [6.45, 7) is -0.763. The molecule has 12 heteroatoms. The highest BCUT2D eigenvalue weighted by Gasteiger charge is 2.15. The van der Waals surface area contributed by atoms with E-state index in [1.807, 2.05) is 0 Å². The second-order valence-electron chi connectivity index (χ2n) is 6.26. The number of aryl methyl sites for hydroxylation is 1. The fourth-order valence-electron chi connectivity index (χ4n) is 2.74. The van der Waals surface area contributed by atoms with Gasteiger partial charge in [0, 0.05) is 19.7 Å². The third-order valence-electron chi connectivity index (χ3n) is 4.19. The van der Waals surface area contributed by atoms with Gasteiger partial charge in [-0.05, 0) is 12.1 Å². The number of fused-ring (bicyclic) bond motifs is 1. The topological polar surface area (TPSA) is 150 Å². The normalized spacial score (nSPS) is 11.1. The van der Waals surface area contributed by atoms with Gasteiger partial charge in [-0.3, -0.25) is 18.7 Å². The number of nitrogens with one attached hydrogen (secondary N) is 1. The van der Waals surface area contributed by atoms with Crippen LogP contribution >= 0.6 is 0 Å². The Labute approximate surface area is 168 Å². The van der Waals surface area contributed by atoms with Crippen molar-refractivity contribution in [1.82, 2.24) is 24.1 Å². The highest BCUT2D eigenvalue weighted by molar-refractivity contribution is 5.85. The molecule has 0 aliphatic rings. The summed E-state index contributed by atoms with van der Waals surface area (Å²) in [6.07, 6.45) is 2.60. The van der Waals surface area contributed by atoms with Crippen LogP contribution < -0.4 is 21.4 Å². The first-order valence-corrected chi connectivity index (χ1v) is 8.66. The summed E-state index contributed by atoms with van der Waals surface area (Å²) >= 11 is 0. The minimum Gasteiger partial charge on any atom is -0.481 e. The van der Waals surface area contributed by atoms with Crippen molar-refractivity contribution in [3.8, 4) is 5.75 Å². The van der Waals surface area contributed by atoms with E-state index in [1.54, 1.807) is 24.3 Å². The first kappa shape index (κ1) is 20.5. The van der Waals surface area contributed by atoms with Crippen LogP contribution in [-0.2, 0) is 30.2 Å². The Bertz CT molecular complexity index is 1270. The number of ether oxygens (including phenoxy) is 1. The monoisotopic (exact) mass is 414 g/mol. The molecule has 0 atom stereocenters. The van der Waals surface area contributed by atoms with E-state index >= 15 is 0 Å². The second-order valence-corrected chi connectivity index (χ2v) is 6.26. The van der Waals surface area contributed by atoms with E-state index in [2.05, 4.69) is 15.5 Å². The van der Waals surface area contributed by atoms with Crippen molar-refractivity contribution < 1.29 is 19.4 Å². The summed E-state index contributed by atoms with van der Waals surface area (Å²) in [4.78, 5) is 51.3. The molecule has 30 heavy (non-hydrogen) atoms. The number of carboxylic acids is 1. The summed E-state index contributed by atoms with van der Waals surface area (Å²) in [5.41, 5.74) is 1.99. The molecule has 0 aliphatic carbocycles. The Morgan fingerprint density at radius 3 is 2.70 bits per heavy atom. The summed E-state index contributed by atoms with van der Waals surface area (Å²) in [6, 6.07) is 6.59. The summed E-state index contributed by atoms with van der Waals surface area (Å²) in [5.74, 6) is -1.36. The van der Waals surface area contributed by atoms with Gasteiger partial charge in [-0.15, -0.1) is 0 Å². The number of nitrogens with zero attached hydrogens (tertiary/aromatic N) is 5. The van der Waals surface area contributed by atoms with Crippen molar-refractivity contribution >= 4 is 29.3 Å². The van der Waals surface area contributed by atoms with E-state index in [4.69, 9.17) is 9.84 Å². The Hall–Kier alpha value is -4.22. The zero-order valence-electron chi connectivity index (χ0n) is 16.1. The van der Waals surface area contributed by atoms with Crippen LogP contribution in [0, 0.1) is 0 Å². The molecule has 2 aromatic heterocycles. The molecule has 1 aromatic carbocycles. The Morgan fingerprint density at radius 2 is 1.97 bits per heavy atom. The molecule has 0 radical (unpaired) electrons. The molecule has 3 rings (SSSR count). The number of aliphatic carboxylic acids is 1. The van der Waals surface area contributed by atoms with E-state index in [0.29, 0.717) is 11.3 Å². The Kier molecular flexibility index (Phi) is 5.76. The smallest absolute Gasteiger partial charge is 0.341 e. The van der Waals surface area contributed by atoms with Gasteiger partial charge in [0.05, 0.1) is 12.5 Å².